The standard InChI is InChI=1S/C20H19N3O6/c1-12(18(24)22-15-8-9-16(26-2)17(10-15)27-3)29-20(25)14-6-4-13(5-7-14)19-23-21-11-28-19/h4-12H,1-3H3,(H,22,24)/t12-/m1/s1. The Labute approximate surface area is 166 Å². The lowest BCUT2D eigenvalue weighted by Crippen LogP contribution is -2.30. The van der Waals surface area contributed by atoms with Crippen LogP contribution in [0.3, 0.4) is 0 Å². The minimum Gasteiger partial charge on any atom is -0.493 e. The van der Waals surface area contributed by atoms with Crippen LogP contribution in [0, 0.1) is 0 Å². The highest BCUT2D eigenvalue weighted by Gasteiger charge is 2.20. The van der Waals surface area contributed by atoms with Gasteiger partial charge >= 0.3 is 5.97 Å². The van der Waals surface area contributed by atoms with E-state index in [2.05, 4.69) is 15.5 Å². The van der Waals surface area contributed by atoms with Crippen molar-refractivity contribution in [3.63, 3.8) is 0 Å². The minimum atomic E-state index is -1.01. The molecule has 1 atom stereocenters. The number of methoxy groups -OCH3 is 2. The van der Waals surface area contributed by atoms with Gasteiger partial charge in [-0.15, -0.1) is 10.2 Å². The summed E-state index contributed by atoms with van der Waals surface area (Å²) in [5.74, 6) is 0.239. The number of amides is 1. The second-order valence-electron chi connectivity index (χ2n) is 5.93. The first kappa shape index (κ1) is 19.9. The number of nitrogens with one attached hydrogen (secondary N) is 1. The number of anilines is 1. The van der Waals surface area contributed by atoms with Gasteiger partial charge in [-0.3, -0.25) is 4.79 Å². The second-order valence-corrected chi connectivity index (χ2v) is 5.93. The maximum atomic E-state index is 12.4. The SMILES string of the molecule is COc1ccc(NC(=O)[C@@H](C)OC(=O)c2ccc(-c3nnco3)cc2)cc1OC. The van der Waals surface area contributed by atoms with Crippen LogP contribution < -0.4 is 14.8 Å². The highest BCUT2D eigenvalue weighted by atomic mass is 16.5. The van der Waals surface area contributed by atoms with E-state index in [1.165, 1.54) is 27.5 Å². The van der Waals surface area contributed by atoms with Gasteiger partial charge in [0.05, 0.1) is 19.8 Å². The summed E-state index contributed by atoms with van der Waals surface area (Å²) >= 11 is 0. The van der Waals surface area contributed by atoms with Crippen molar-refractivity contribution in [2.75, 3.05) is 19.5 Å². The third kappa shape index (κ3) is 4.70. The molecule has 0 spiro atoms. The second kappa shape index (κ2) is 8.87. The Kier molecular flexibility index (Phi) is 6.08. The van der Waals surface area contributed by atoms with Gasteiger partial charge in [-0.1, -0.05) is 0 Å². The van der Waals surface area contributed by atoms with Crippen molar-refractivity contribution in [3.8, 4) is 23.0 Å². The number of ether oxygens (including phenoxy) is 3. The van der Waals surface area contributed by atoms with Crippen molar-refractivity contribution in [2.45, 2.75) is 13.0 Å². The number of carbonyl (C=O) groups excluding carboxylic acids is 2. The lowest BCUT2D eigenvalue weighted by molar-refractivity contribution is -0.123. The molecule has 0 aliphatic heterocycles. The Hall–Kier alpha value is -3.88. The van der Waals surface area contributed by atoms with Crippen molar-refractivity contribution < 1.29 is 28.2 Å². The van der Waals surface area contributed by atoms with Crippen LogP contribution in [0.15, 0.2) is 53.3 Å². The number of benzene rings is 2. The molecular weight excluding hydrogens is 378 g/mol. The summed E-state index contributed by atoms with van der Waals surface area (Å²) in [6, 6.07) is 11.3. The molecular formula is C20H19N3O6. The zero-order valence-corrected chi connectivity index (χ0v) is 16.0. The highest BCUT2D eigenvalue weighted by molar-refractivity contribution is 5.97. The normalized spacial score (nSPS) is 11.4. The summed E-state index contributed by atoms with van der Waals surface area (Å²) in [6.45, 7) is 1.49. The number of nitrogens with zero attached hydrogens (tertiary/aromatic N) is 2. The highest BCUT2D eigenvalue weighted by Crippen LogP contribution is 2.29. The van der Waals surface area contributed by atoms with E-state index in [0.29, 0.717) is 34.2 Å². The average Bonchev–Trinajstić information content (AvgIpc) is 3.28. The molecule has 1 aromatic heterocycles. The van der Waals surface area contributed by atoms with E-state index in [0.717, 1.165) is 0 Å². The number of hydrogen-bond acceptors (Lipinski definition) is 8. The summed E-state index contributed by atoms with van der Waals surface area (Å²) < 4.78 is 20.7. The fourth-order valence-electron chi connectivity index (χ4n) is 2.49. The number of esters is 1. The Morgan fingerprint density at radius 3 is 2.38 bits per heavy atom. The first-order valence-corrected chi connectivity index (χ1v) is 8.62. The minimum absolute atomic E-state index is 0.291. The Balaban J connectivity index is 1.61. The van der Waals surface area contributed by atoms with Crippen LogP contribution in [0.25, 0.3) is 11.5 Å². The molecule has 0 unspecified atom stereocenters. The van der Waals surface area contributed by atoms with E-state index in [9.17, 15) is 9.59 Å². The van der Waals surface area contributed by atoms with Crippen LogP contribution >= 0.6 is 0 Å². The summed E-state index contributed by atoms with van der Waals surface area (Å²) in [7, 11) is 3.02. The van der Waals surface area contributed by atoms with Gasteiger partial charge in [-0.25, -0.2) is 4.79 Å². The third-order valence-corrected chi connectivity index (χ3v) is 4.03. The molecule has 0 aliphatic rings. The molecule has 150 valence electrons. The van der Waals surface area contributed by atoms with E-state index >= 15 is 0 Å². The molecule has 0 fully saturated rings. The van der Waals surface area contributed by atoms with Crippen LogP contribution in [0.4, 0.5) is 5.69 Å². The van der Waals surface area contributed by atoms with Gasteiger partial charge in [0.1, 0.15) is 0 Å². The average molecular weight is 397 g/mol. The summed E-state index contributed by atoms with van der Waals surface area (Å²) in [5, 5.41) is 10.1. The molecule has 29 heavy (non-hydrogen) atoms. The predicted molar refractivity (Wildman–Crippen MR) is 103 cm³/mol. The molecule has 9 heteroatoms. The van der Waals surface area contributed by atoms with Crippen LogP contribution in [0.5, 0.6) is 11.5 Å². The molecule has 0 saturated carbocycles. The zero-order valence-electron chi connectivity index (χ0n) is 16.0. The van der Waals surface area contributed by atoms with Crippen molar-refractivity contribution >= 4 is 17.6 Å². The lowest BCUT2D eigenvalue weighted by Gasteiger charge is -2.15. The zero-order chi connectivity index (χ0) is 20.8. The van der Waals surface area contributed by atoms with E-state index < -0.39 is 18.0 Å². The largest absolute Gasteiger partial charge is 0.493 e. The van der Waals surface area contributed by atoms with E-state index in [1.807, 2.05) is 0 Å². The molecule has 0 saturated heterocycles. The first-order valence-electron chi connectivity index (χ1n) is 8.62. The van der Waals surface area contributed by atoms with E-state index in [-0.39, 0.29) is 0 Å². The maximum absolute atomic E-state index is 12.4. The molecule has 0 bridgehead atoms. The van der Waals surface area contributed by atoms with Gasteiger partial charge in [0, 0.05) is 17.3 Å². The van der Waals surface area contributed by atoms with Gasteiger partial charge in [0.15, 0.2) is 17.6 Å². The van der Waals surface area contributed by atoms with E-state index in [4.69, 9.17) is 18.6 Å². The van der Waals surface area contributed by atoms with Gasteiger partial charge in [-0.05, 0) is 43.3 Å². The third-order valence-electron chi connectivity index (χ3n) is 4.03. The molecule has 9 nitrogen and oxygen atoms in total. The molecule has 3 rings (SSSR count). The number of rotatable bonds is 7. The number of hydrogen-bond donors (Lipinski definition) is 1. The van der Waals surface area contributed by atoms with Crippen LogP contribution in [0.2, 0.25) is 0 Å². The topological polar surface area (TPSA) is 113 Å². The van der Waals surface area contributed by atoms with Crippen LogP contribution in [-0.2, 0) is 9.53 Å². The van der Waals surface area contributed by atoms with Crippen molar-refractivity contribution in [3.05, 3.63) is 54.4 Å². The quantitative estimate of drug-likeness (QED) is 0.606. The number of aromatic nitrogens is 2. The molecule has 1 amide bonds. The van der Waals surface area contributed by atoms with Crippen molar-refractivity contribution in [1.29, 1.82) is 0 Å². The fraction of sp³-hybridized carbons (Fsp3) is 0.200. The van der Waals surface area contributed by atoms with E-state index in [1.54, 1.807) is 42.5 Å². The van der Waals surface area contributed by atoms with Crippen LogP contribution in [-0.4, -0.2) is 42.4 Å². The smallest absolute Gasteiger partial charge is 0.338 e. The number of carbonyl (C=O) groups is 2. The maximum Gasteiger partial charge on any atom is 0.338 e. The molecule has 0 radical (unpaired) electrons. The Morgan fingerprint density at radius 2 is 1.76 bits per heavy atom. The lowest BCUT2D eigenvalue weighted by atomic mass is 10.1. The fourth-order valence-corrected chi connectivity index (χ4v) is 2.49. The summed E-state index contributed by atoms with van der Waals surface area (Å²) in [5.41, 5.74) is 1.44. The van der Waals surface area contributed by atoms with Crippen molar-refractivity contribution in [2.24, 2.45) is 0 Å². The molecule has 2 aromatic carbocycles. The summed E-state index contributed by atoms with van der Waals surface area (Å²) in [4.78, 5) is 24.7. The monoisotopic (exact) mass is 397 g/mol. The predicted octanol–water partition coefficient (Wildman–Crippen LogP) is 2.94. The van der Waals surface area contributed by atoms with Gasteiger partial charge in [0.25, 0.3) is 5.91 Å². The Bertz CT molecular complexity index is 986. The molecule has 0 aliphatic carbocycles. The molecule has 1 heterocycles. The summed E-state index contributed by atoms with van der Waals surface area (Å²) in [6.07, 6.45) is 0.210. The van der Waals surface area contributed by atoms with Crippen molar-refractivity contribution in [1.82, 2.24) is 10.2 Å². The Morgan fingerprint density at radius 1 is 1.03 bits per heavy atom. The molecule has 3 aromatic rings. The van der Waals surface area contributed by atoms with Crippen LogP contribution in [0.1, 0.15) is 17.3 Å². The van der Waals surface area contributed by atoms with Gasteiger partial charge in [-0.2, -0.15) is 0 Å². The van der Waals surface area contributed by atoms with Gasteiger partial charge < -0.3 is 23.9 Å². The van der Waals surface area contributed by atoms with Gasteiger partial charge in [0.2, 0.25) is 12.3 Å². The molecule has 1 N–H and O–H groups in total. The first-order chi connectivity index (χ1) is 14.0.